The van der Waals surface area contributed by atoms with E-state index < -0.39 is 0 Å². The standard InChI is InChI=1S/C13H15OS/c1-3-15-9-12(14)10(2)13(15)11-7-5-4-6-8-11/h4-8H,3,9H2,1-2H3/q+1. The SMILES string of the molecule is CC[S+]1CC(=O)C(C)=C1c1ccccc1. The Morgan fingerprint density at radius 3 is 2.53 bits per heavy atom. The van der Waals surface area contributed by atoms with Crippen LogP contribution in [-0.2, 0) is 15.7 Å². The molecular formula is C13H15OS+. The number of Topliss-reactive ketones (excluding diaryl/α,β-unsaturated/α-hetero) is 1. The molecule has 0 aliphatic carbocycles. The monoisotopic (exact) mass is 219 g/mol. The van der Waals surface area contributed by atoms with Crippen LogP contribution in [0.2, 0.25) is 0 Å². The minimum Gasteiger partial charge on any atom is -0.289 e. The Morgan fingerprint density at radius 1 is 1.27 bits per heavy atom. The van der Waals surface area contributed by atoms with Crippen molar-refractivity contribution >= 4 is 21.6 Å². The zero-order chi connectivity index (χ0) is 10.8. The molecule has 1 aliphatic rings. The van der Waals surface area contributed by atoms with Crippen LogP contribution < -0.4 is 0 Å². The van der Waals surface area contributed by atoms with Gasteiger partial charge in [-0.15, -0.1) is 0 Å². The summed E-state index contributed by atoms with van der Waals surface area (Å²) in [5, 5.41) is 0. The summed E-state index contributed by atoms with van der Waals surface area (Å²) >= 11 is 0. The Bertz CT molecular complexity index is 406. The van der Waals surface area contributed by atoms with Crippen molar-refractivity contribution in [2.75, 3.05) is 11.5 Å². The van der Waals surface area contributed by atoms with E-state index >= 15 is 0 Å². The molecule has 2 rings (SSSR count). The van der Waals surface area contributed by atoms with Crippen molar-refractivity contribution in [1.82, 2.24) is 0 Å². The molecule has 1 heterocycles. The molecule has 0 saturated heterocycles. The molecule has 0 bridgehead atoms. The van der Waals surface area contributed by atoms with Crippen molar-refractivity contribution in [2.24, 2.45) is 0 Å². The lowest BCUT2D eigenvalue weighted by molar-refractivity contribution is -0.113. The molecule has 0 spiro atoms. The van der Waals surface area contributed by atoms with Gasteiger partial charge in [0.15, 0.2) is 10.7 Å². The average molecular weight is 219 g/mol. The van der Waals surface area contributed by atoms with Crippen LogP contribution >= 0.6 is 0 Å². The van der Waals surface area contributed by atoms with Gasteiger partial charge in [0.25, 0.3) is 0 Å². The molecule has 0 N–H and O–H groups in total. The molecule has 1 nitrogen and oxygen atoms in total. The summed E-state index contributed by atoms with van der Waals surface area (Å²) in [6, 6.07) is 10.3. The lowest BCUT2D eigenvalue weighted by Crippen LogP contribution is -2.10. The molecule has 0 fully saturated rings. The Labute approximate surface area is 93.5 Å². The zero-order valence-corrected chi connectivity index (χ0v) is 9.93. The van der Waals surface area contributed by atoms with E-state index in [-0.39, 0.29) is 10.9 Å². The number of hydrogen-bond acceptors (Lipinski definition) is 1. The van der Waals surface area contributed by atoms with Crippen molar-refractivity contribution in [3.8, 4) is 0 Å². The van der Waals surface area contributed by atoms with E-state index in [1.165, 1.54) is 10.5 Å². The Kier molecular flexibility index (Phi) is 2.96. The largest absolute Gasteiger partial charge is 0.289 e. The summed E-state index contributed by atoms with van der Waals surface area (Å²) in [5.74, 6) is 2.14. The van der Waals surface area contributed by atoms with Gasteiger partial charge in [-0.3, -0.25) is 4.79 Å². The van der Waals surface area contributed by atoms with Crippen LogP contribution in [0.4, 0.5) is 0 Å². The average Bonchev–Trinajstić information content (AvgIpc) is 2.56. The second-order valence-corrected chi connectivity index (χ2v) is 5.93. The van der Waals surface area contributed by atoms with Crippen molar-refractivity contribution in [1.29, 1.82) is 0 Å². The smallest absolute Gasteiger partial charge is 0.213 e. The number of hydrogen-bond donors (Lipinski definition) is 0. The predicted molar refractivity (Wildman–Crippen MR) is 66.8 cm³/mol. The number of ketones is 1. The summed E-state index contributed by atoms with van der Waals surface area (Å²) in [6.45, 7) is 4.13. The molecule has 0 amide bonds. The maximum absolute atomic E-state index is 11.7. The lowest BCUT2D eigenvalue weighted by Gasteiger charge is -2.03. The molecular weight excluding hydrogens is 204 g/mol. The fraction of sp³-hybridized carbons (Fsp3) is 0.308. The zero-order valence-electron chi connectivity index (χ0n) is 9.12. The topological polar surface area (TPSA) is 17.1 Å². The van der Waals surface area contributed by atoms with Crippen molar-refractivity contribution < 1.29 is 4.79 Å². The van der Waals surface area contributed by atoms with E-state index in [4.69, 9.17) is 0 Å². The molecule has 0 radical (unpaired) electrons. The van der Waals surface area contributed by atoms with Crippen molar-refractivity contribution in [3.63, 3.8) is 0 Å². The highest BCUT2D eigenvalue weighted by atomic mass is 32.2. The van der Waals surface area contributed by atoms with Gasteiger partial charge in [0, 0.05) is 16.5 Å². The van der Waals surface area contributed by atoms with Crippen LogP contribution in [0.25, 0.3) is 4.91 Å². The summed E-state index contributed by atoms with van der Waals surface area (Å²) in [7, 11) is 0.147. The van der Waals surface area contributed by atoms with Gasteiger partial charge < -0.3 is 0 Å². The fourth-order valence-electron chi connectivity index (χ4n) is 1.90. The highest BCUT2D eigenvalue weighted by Crippen LogP contribution is 2.33. The third kappa shape index (κ3) is 1.86. The van der Waals surface area contributed by atoms with Crippen LogP contribution in [0.3, 0.4) is 0 Å². The molecule has 1 atom stereocenters. The first-order chi connectivity index (χ1) is 7.24. The second-order valence-electron chi connectivity index (χ2n) is 3.67. The van der Waals surface area contributed by atoms with Gasteiger partial charge in [0.05, 0.1) is 5.57 Å². The van der Waals surface area contributed by atoms with Crippen LogP contribution in [-0.4, -0.2) is 17.3 Å². The fourth-order valence-corrected chi connectivity index (χ4v) is 4.09. The van der Waals surface area contributed by atoms with E-state index in [2.05, 4.69) is 19.1 Å². The molecule has 2 heteroatoms. The summed E-state index contributed by atoms with van der Waals surface area (Å²) < 4.78 is 0. The molecule has 15 heavy (non-hydrogen) atoms. The predicted octanol–water partition coefficient (Wildman–Crippen LogP) is 2.64. The van der Waals surface area contributed by atoms with E-state index in [0.717, 1.165) is 17.1 Å². The van der Waals surface area contributed by atoms with E-state index in [1.54, 1.807) is 0 Å². The van der Waals surface area contributed by atoms with E-state index in [9.17, 15) is 4.79 Å². The first-order valence-electron chi connectivity index (χ1n) is 5.21. The normalized spacial score (nSPS) is 21.2. The number of allylic oxidation sites excluding steroid dienone is 1. The summed E-state index contributed by atoms with van der Waals surface area (Å²) in [5.41, 5.74) is 2.21. The maximum atomic E-state index is 11.7. The van der Waals surface area contributed by atoms with Gasteiger partial charge >= 0.3 is 0 Å². The van der Waals surface area contributed by atoms with Crippen LogP contribution in [0.15, 0.2) is 35.9 Å². The minimum absolute atomic E-state index is 0.147. The van der Waals surface area contributed by atoms with Crippen LogP contribution in [0.1, 0.15) is 19.4 Å². The van der Waals surface area contributed by atoms with Crippen LogP contribution in [0, 0.1) is 0 Å². The third-order valence-corrected chi connectivity index (χ3v) is 5.16. The van der Waals surface area contributed by atoms with Gasteiger partial charge in [0.1, 0.15) is 5.75 Å². The number of benzene rings is 1. The summed E-state index contributed by atoms with van der Waals surface area (Å²) in [6.07, 6.45) is 0. The van der Waals surface area contributed by atoms with Gasteiger partial charge in [-0.05, 0) is 26.0 Å². The Balaban J connectivity index is 2.46. The van der Waals surface area contributed by atoms with Crippen molar-refractivity contribution in [2.45, 2.75) is 13.8 Å². The van der Waals surface area contributed by atoms with E-state index in [1.807, 2.05) is 25.1 Å². The molecule has 1 aromatic carbocycles. The third-order valence-electron chi connectivity index (χ3n) is 2.74. The molecule has 1 aliphatic heterocycles. The van der Waals surface area contributed by atoms with Gasteiger partial charge in [-0.1, -0.05) is 18.2 Å². The van der Waals surface area contributed by atoms with Gasteiger partial charge in [-0.25, -0.2) is 0 Å². The van der Waals surface area contributed by atoms with Gasteiger partial charge in [-0.2, -0.15) is 0 Å². The van der Waals surface area contributed by atoms with Crippen LogP contribution in [0.5, 0.6) is 0 Å². The second kappa shape index (κ2) is 4.23. The first-order valence-corrected chi connectivity index (χ1v) is 6.77. The Morgan fingerprint density at radius 2 is 1.93 bits per heavy atom. The molecule has 0 saturated carbocycles. The number of carbonyl (C=O) groups excluding carboxylic acids is 1. The lowest BCUT2D eigenvalue weighted by atomic mass is 10.1. The highest BCUT2D eigenvalue weighted by Gasteiger charge is 2.38. The van der Waals surface area contributed by atoms with Gasteiger partial charge in [0.2, 0.25) is 5.78 Å². The number of rotatable bonds is 2. The minimum atomic E-state index is 0.147. The molecule has 78 valence electrons. The highest BCUT2D eigenvalue weighted by molar-refractivity contribution is 8.06. The Hall–Kier alpha value is -1.02. The molecule has 1 unspecified atom stereocenters. The molecule has 0 aromatic heterocycles. The maximum Gasteiger partial charge on any atom is 0.213 e. The van der Waals surface area contributed by atoms with E-state index in [0.29, 0.717) is 5.78 Å². The molecule has 1 aromatic rings. The number of carbonyl (C=O) groups is 1. The first kappa shape index (κ1) is 10.5. The summed E-state index contributed by atoms with van der Waals surface area (Å²) in [4.78, 5) is 13.0. The van der Waals surface area contributed by atoms with Crippen molar-refractivity contribution in [3.05, 3.63) is 41.5 Å². The quantitative estimate of drug-likeness (QED) is 0.699.